The molecule has 0 aliphatic carbocycles. The van der Waals surface area contributed by atoms with Gasteiger partial charge in [-0.2, -0.15) is 11.8 Å². The number of anilines is 2. The third-order valence-electron chi connectivity index (χ3n) is 5.02. The second-order valence-electron chi connectivity index (χ2n) is 7.00. The first-order valence-corrected chi connectivity index (χ1v) is 10.9. The van der Waals surface area contributed by atoms with Crippen molar-refractivity contribution in [1.29, 1.82) is 0 Å². The van der Waals surface area contributed by atoms with Gasteiger partial charge in [0.05, 0.1) is 25.5 Å². The summed E-state index contributed by atoms with van der Waals surface area (Å²) < 4.78 is 10.8. The fraction of sp³-hybridized carbons (Fsp3) is 0.318. The number of nitrogens with one attached hydrogen (secondary N) is 1. The summed E-state index contributed by atoms with van der Waals surface area (Å²) in [6.45, 7) is 3.39. The third kappa shape index (κ3) is 4.14. The van der Waals surface area contributed by atoms with Crippen LogP contribution in [0.5, 0.6) is 11.5 Å². The number of fused-ring (bicyclic) bond motifs is 1. The lowest BCUT2D eigenvalue weighted by Crippen LogP contribution is -2.38. The summed E-state index contributed by atoms with van der Waals surface area (Å²) in [5.74, 6) is 3.19. The molecule has 1 aliphatic heterocycles. The van der Waals surface area contributed by atoms with E-state index in [9.17, 15) is 4.79 Å². The quantitative estimate of drug-likeness (QED) is 0.666. The van der Waals surface area contributed by atoms with Gasteiger partial charge < -0.3 is 19.7 Å². The second-order valence-corrected chi connectivity index (χ2v) is 8.23. The van der Waals surface area contributed by atoms with Crippen LogP contribution >= 0.6 is 11.8 Å². The number of rotatable bonds is 5. The molecule has 0 unspecified atom stereocenters. The molecule has 1 saturated heterocycles. The van der Waals surface area contributed by atoms with Gasteiger partial charge in [0, 0.05) is 65.8 Å². The molecule has 3 heterocycles. The zero-order chi connectivity index (χ0) is 21.1. The minimum absolute atomic E-state index is 0.0253. The molecule has 0 spiro atoms. The van der Waals surface area contributed by atoms with Crippen molar-refractivity contribution in [1.82, 2.24) is 14.9 Å². The van der Waals surface area contributed by atoms with Crippen LogP contribution < -0.4 is 14.8 Å². The van der Waals surface area contributed by atoms with E-state index in [-0.39, 0.29) is 5.91 Å². The van der Waals surface area contributed by atoms with E-state index in [0.29, 0.717) is 28.4 Å². The molecule has 1 aromatic carbocycles. The molecule has 7 nitrogen and oxygen atoms in total. The van der Waals surface area contributed by atoms with Gasteiger partial charge in [-0.3, -0.25) is 4.79 Å². The molecule has 8 heteroatoms. The summed E-state index contributed by atoms with van der Waals surface area (Å²) in [7, 11) is 3.22. The number of hydrogen-bond donors (Lipinski definition) is 1. The highest BCUT2D eigenvalue weighted by molar-refractivity contribution is 7.99. The first kappa shape index (κ1) is 20.3. The van der Waals surface area contributed by atoms with Gasteiger partial charge in [0.15, 0.2) is 5.65 Å². The molecular formula is C22H24N4O3S. The summed E-state index contributed by atoms with van der Waals surface area (Å²) in [6, 6.07) is 9.41. The Labute approximate surface area is 179 Å². The normalized spacial score (nSPS) is 13.9. The highest BCUT2D eigenvalue weighted by Gasteiger charge is 2.23. The summed E-state index contributed by atoms with van der Waals surface area (Å²) >= 11 is 1.87. The maximum atomic E-state index is 13.3. The van der Waals surface area contributed by atoms with Gasteiger partial charge in [-0.15, -0.1) is 0 Å². The standard InChI is InChI=1S/C22H24N4O3S/c1-14-4-5-18-20(25-15-10-16(28-2)12-17(11-15)29-3)19(13-23-21(18)24-14)22(27)26-6-8-30-9-7-26/h4-5,10-13H,6-9H2,1-3H3,(H,23,24,25). The summed E-state index contributed by atoms with van der Waals surface area (Å²) in [4.78, 5) is 24.2. The van der Waals surface area contributed by atoms with Crippen LogP contribution in [0.1, 0.15) is 16.1 Å². The fourth-order valence-corrected chi connectivity index (χ4v) is 4.33. The summed E-state index contributed by atoms with van der Waals surface area (Å²) in [5.41, 5.74) is 3.43. The van der Waals surface area contributed by atoms with Crippen LogP contribution in [0.4, 0.5) is 11.4 Å². The number of ether oxygens (including phenoxy) is 2. The minimum atomic E-state index is -0.0253. The molecule has 0 saturated carbocycles. The minimum Gasteiger partial charge on any atom is -0.497 e. The summed E-state index contributed by atoms with van der Waals surface area (Å²) in [5, 5.41) is 4.20. The number of methoxy groups -OCH3 is 2. The lowest BCUT2D eigenvalue weighted by Gasteiger charge is -2.27. The maximum Gasteiger partial charge on any atom is 0.257 e. The Morgan fingerprint density at radius 2 is 1.80 bits per heavy atom. The Hall–Kier alpha value is -3.00. The van der Waals surface area contributed by atoms with Crippen molar-refractivity contribution in [2.45, 2.75) is 6.92 Å². The SMILES string of the molecule is COc1cc(Nc2c(C(=O)N3CCSCC3)cnc3nc(C)ccc23)cc(OC)c1. The van der Waals surface area contributed by atoms with Gasteiger partial charge in [0.2, 0.25) is 0 Å². The lowest BCUT2D eigenvalue weighted by molar-refractivity contribution is 0.0773. The number of aromatic nitrogens is 2. The van der Waals surface area contributed by atoms with Crippen molar-refractivity contribution >= 4 is 40.1 Å². The number of thioether (sulfide) groups is 1. The van der Waals surface area contributed by atoms with E-state index in [1.807, 2.05) is 47.9 Å². The molecule has 4 rings (SSSR count). The average Bonchev–Trinajstić information content (AvgIpc) is 2.79. The van der Waals surface area contributed by atoms with Crippen LogP contribution in [0.3, 0.4) is 0 Å². The molecular weight excluding hydrogens is 400 g/mol. The van der Waals surface area contributed by atoms with Crippen LogP contribution in [0.2, 0.25) is 0 Å². The van der Waals surface area contributed by atoms with Crippen molar-refractivity contribution in [3.63, 3.8) is 0 Å². The fourth-order valence-electron chi connectivity index (χ4n) is 3.43. The smallest absolute Gasteiger partial charge is 0.257 e. The van der Waals surface area contributed by atoms with Gasteiger partial charge in [-0.1, -0.05) is 0 Å². The second kappa shape index (κ2) is 8.79. The highest BCUT2D eigenvalue weighted by atomic mass is 32.2. The van der Waals surface area contributed by atoms with Crippen LogP contribution in [0, 0.1) is 6.92 Å². The average molecular weight is 425 g/mol. The van der Waals surface area contributed by atoms with Crippen molar-refractivity contribution < 1.29 is 14.3 Å². The van der Waals surface area contributed by atoms with Crippen molar-refractivity contribution in [3.05, 3.63) is 47.8 Å². The number of carbonyl (C=O) groups is 1. The van der Waals surface area contributed by atoms with Gasteiger partial charge in [0.25, 0.3) is 5.91 Å². The van der Waals surface area contributed by atoms with Crippen LogP contribution in [0.15, 0.2) is 36.5 Å². The molecule has 1 fully saturated rings. The van der Waals surface area contributed by atoms with Crippen molar-refractivity contribution in [2.24, 2.45) is 0 Å². The zero-order valence-electron chi connectivity index (χ0n) is 17.3. The summed E-state index contributed by atoms with van der Waals surface area (Å²) in [6.07, 6.45) is 1.62. The lowest BCUT2D eigenvalue weighted by atomic mass is 10.1. The number of hydrogen-bond acceptors (Lipinski definition) is 7. The van der Waals surface area contributed by atoms with E-state index in [1.54, 1.807) is 26.5 Å². The Bertz CT molecular complexity index is 1060. The number of pyridine rings is 2. The van der Waals surface area contributed by atoms with E-state index in [2.05, 4.69) is 15.3 Å². The molecule has 1 amide bonds. The molecule has 0 bridgehead atoms. The predicted molar refractivity (Wildman–Crippen MR) is 120 cm³/mol. The van der Waals surface area contributed by atoms with Crippen LogP contribution in [-0.4, -0.2) is 59.6 Å². The highest BCUT2D eigenvalue weighted by Crippen LogP contribution is 2.33. The first-order valence-electron chi connectivity index (χ1n) is 9.72. The Kier molecular flexibility index (Phi) is 5.94. The molecule has 0 radical (unpaired) electrons. The number of benzene rings is 1. The predicted octanol–water partition coefficient (Wildman–Crippen LogP) is 3.89. The molecule has 2 aromatic heterocycles. The van der Waals surface area contributed by atoms with E-state index in [1.165, 1.54) is 0 Å². The van der Waals surface area contributed by atoms with Gasteiger partial charge >= 0.3 is 0 Å². The Balaban J connectivity index is 1.82. The number of aryl methyl sites for hydroxylation is 1. The number of carbonyl (C=O) groups excluding carboxylic acids is 1. The van der Waals surface area contributed by atoms with Crippen molar-refractivity contribution in [2.75, 3.05) is 44.1 Å². The molecule has 0 atom stereocenters. The molecule has 1 aliphatic rings. The third-order valence-corrected chi connectivity index (χ3v) is 5.96. The molecule has 30 heavy (non-hydrogen) atoms. The number of amides is 1. The van der Waals surface area contributed by atoms with Gasteiger partial charge in [-0.25, -0.2) is 9.97 Å². The monoisotopic (exact) mass is 424 g/mol. The number of nitrogens with zero attached hydrogens (tertiary/aromatic N) is 3. The largest absolute Gasteiger partial charge is 0.497 e. The zero-order valence-corrected chi connectivity index (χ0v) is 18.1. The van der Waals surface area contributed by atoms with Gasteiger partial charge in [0.1, 0.15) is 11.5 Å². The molecule has 156 valence electrons. The van der Waals surface area contributed by atoms with E-state index in [4.69, 9.17) is 9.47 Å². The van der Waals surface area contributed by atoms with Crippen LogP contribution in [0.25, 0.3) is 11.0 Å². The van der Waals surface area contributed by atoms with E-state index in [0.717, 1.165) is 41.4 Å². The van der Waals surface area contributed by atoms with Crippen molar-refractivity contribution in [3.8, 4) is 11.5 Å². The maximum absolute atomic E-state index is 13.3. The van der Waals surface area contributed by atoms with Crippen LogP contribution in [-0.2, 0) is 0 Å². The first-order chi connectivity index (χ1) is 14.6. The van der Waals surface area contributed by atoms with E-state index < -0.39 is 0 Å². The molecule has 3 aromatic rings. The Morgan fingerprint density at radius 3 is 2.47 bits per heavy atom. The molecule has 1 N–H and O–H groups in total. The van der Waals surface area contributed by atoms with Gasteiger partial charge in [-0.05, 0) is 19.1 Å². The topological polar surface area (TPSA) is 76.6 Å². The Morgan fingerprint density at radius 1 is 1.10 bits per heavy atom. The van der Waals surface area contributed by atoms with E-state index >= 15 is 0 Å².